The van der Waals surface area contributed by atoms with E-state index < -0.39 is 0 Å². The van der Waals surface area contributed by atoms with Crippen LogP contribution >= 0.6 is 0 Å². The summed E-state index contributed by atoms with van der Waals surface area (Å²) in [5.74, 6) is 0.715. The number of nitrogens with zero attached hydrogens (tertiary/aromatic N) is 3. The van der Waals surface area contributed by atoms with Crippen LogP contribution in [0.15, 0.2) is 12.3 Å². The van der Waals surface area contributed by atoms with Gasteiger partial charge in [0.2, 0.25) is 0 Å². The Hall–Kier alpha value is -1.91. The Bertz CT molecular complexity index is 882. The first-order chi connectivity index (χ1) is 12.1. The van der Waals surface area contributed by atoms with Gasteiger partial charge in [-0.25, -0.2) is 9.67 Å². The minimum atomic E-state index is 0.00349. The molecule has 2 aliphatic carbocycles. The topological polar surface area (TPSA) is 59.8 Å². The van der Waals surface area contributed by atoms with Crippen LogP contribution < -0.4 is 5.32 Å². The molecule has 0 saturated heterocycles. The molecular formula is C21H30N4O. The molecule has 26 heavy (non-hydrogen) atoms. The highest BCUT2D eigenvalue weighted by Gasteiger charge is 2.61. The van der Waals surface area contributed by atoms with Gasteiger partial charge in [0, 0.05) is 17.5 Å². The maximum atomic E-state index is 13.1. The molecule has 0 spiro atoms. The first-order valence-corrected chi connectivity index (χ1v) is 9.81. The van der Waals surface area contributed by atoms with Gasteiger partial charge in [-0.1, -0.05) is 20.8 Å². The SMILES string of the molecule is Cc1nc2c(cnn2C(C)C)cc1C(=O)NC1CC2CCC1(C)C2(C)C. The van der Waals surface area contributed by atoms with E-state index in [1.165, 1.54) is 12.8 Å². The number of pyridine rings is 1. The minimum absolute atomic E-state index is 0.00349. The number of aromatic nitrogens is 3. The van der Waals surface area contributed by atoms with E-state index in [0.717, 1.165) is 23.1 Å². The lowest BCUT2D eigenvalue weighted by Gasteiger charge is -2.39. The fourth-order valence-electron chi connectivity index (χ4n) is 5.33. The van der Waals surface area contributed by atoms with Crippen molar-refractivity contribution >= 4 is 16.9 Å². The summed E-state index contributed by atoms with van der Waals surface area (Å²) in [6.07, 6.45) is 5.39. The summed E-state index contributed by atoms with van der Waals surface area (Å²) >= 11 is 0. The number of carbonyl (C=O) groups is 1. The molecule has 0 radical (unpaired) electrons. The van der Waals surface area contributed by atoms with Gasteiger partial charge in [0.05, 0.1) is 17.5 Å². The van der Waals surface area contributed by atoms with Gasteiger partial charge in [0.1, 0.15) is 0 Å². The molecule has 1 N–H and O–H groups in total. The van der Waals surface area contributed by atoms with Gasteiger partial charge in [-0.05, 0) is 62.8 Å². The van der Waals surface area contributed by atoms with Crippen LogP contribution in [-0.4, -0.2) is 26.7 Å². The molecule has 3 unspecified atom stereocenters. The van der Waals surface area contributed by atoms with Gasteiger partial charge in [-0.15, -0.1) is 0 Å². The Kier molecular flexibility index (Phi) is 3.73. The number of hydrogen-bond acceptors (Lipinski definition) is 3. The Morgan fingerprint density at radius 3 is 2.65 bits per heavy atom. The van der Waals surface area contributed by atoms with Crippen LogP contribution in [0.25, 0.3) is 11.0 Å². The third-order valence-corrected chi connectivity index (χ3v) is 7.59. The molecule has 2 saturated carbocycles. The third kappa shape index (κ3) is 2.25. The van der Waals surface area contributed by atoms with E-state index in [-0.39, 0.29) is 23.4 Å². The number of nitrogens with one attached hydrogen (secondary N) is 1. The average molecular weight is 354 g/mol. The lowest BCUT2D eigenvalue weighted by Crippen LogP contribution is -2.47. The van der Waals surface area contributed by atoms with Crippen molar-refractivity contribution in [2.45, 2.75) is 72.9 Å². The zero-order chi connectivity index (χ0) is 18.9. The number of amides is 1. The zero-order valence-corrected chi connectivity index (χ0v) is 16.8. The Morgan fingerprint density at radius 1 is 1.35 bits per heavy atom. The third-order valence-electron chi connectivity index (χ3n) is 7.59. The highest BCUT2D eigenvalue weighted by atomic mass is 16.1. The van der Waals surface area contributed by atoms with Crippen molar-refractivity contribution in [2.75, 3.05) is 0 Å². The van der Waals surface area contributed by atoms with Crippen LogP contribution in [-0.2, 0) is 0 Å². The van der Waals surface area contributed by atoms with E-state index in [2.05, 4.69) is 50.0 Å². The molecule has 2 heterocycles. The molecule has 5 heteroatoms. The maximum absolute atomic E-state index is 13.1. The van der Waals surface area contributed by atoms with Crippen molar-refractivity contribution in [3.8, 4) is 0 Å². The Balaban J connectivity index is 1.62. The molecule has 140 valence electrons. The molecule has 3 atom stereocenters. The summed E-state index contributed by atoms with van der Waals surface area (Å²) in [7, 11) is 0. The second kappa shape index (κ2) is 5.54. The summed E-state index contributed by atoms with van der Waals surface area (Å²) in [5.41, 5.74) is 2.76. The van der Waals surface area contributed by atoms with E-state index in [4.69, 9.17) is 0 Å². The van der Waals surface area contributed by atoms with Gasteiger partial charge in [0.15, 0.2) is 5.65 Å². The lowest BCUT2D eigenvalue weighted by atomic mass is 9.69. The highest BCUT2D eigenvalue weighted by molar-refractivity contribution is 5.98. The van der Waals surface area contributed by atoms with Crippen molar-refractivity contribution in [1.82, 2.24) is 20.1 Å². The normalized spacial score (nSPS) is 29.7. The van der Waals surface area contributed by atoms with Gasteiger partial charge >= 0.3 is 0 Å². The smallest absolute Gasteiger partial charge is 0.253 e. The molecule has 1 amide bonds. The first-order valence-electron chi connectivity index (χ1n) is 9.81. The zero-order valence-electron chi connectivity index (χ0n) is 16.8. The van der Waals surface area contributed by atoms with E-state index >= 15 is 0 Å². The van der Waals surface area contributed by atoms with Crippen LogP contribution in [0.3, 0.4) is 0 Å². The van der Waals surface area contributed by atoms with Crippen LogP contribution in [0.4, 0.5) is 0 Å². The van der Waals surface area contributed by atoms with Crippen LogP contribution in [0.1, 0.15) is 76.0 Å². The van der Waals surface area contributed by atoms with Gasteiger partial charge in [-0.2, -0.15) is 5.10 Å². The number of rotatable bonds is 3. The average Bonchev–Trinajstić information content (AvgIpc) is 3.12. The van der Waals surface area contributed by atoms with Crippen molar-refractivity contribution in [3.63, 3.8) is 0 Å². The highest BCUT2D eigenvalue weighted by Crippen LogP contribution is 2.65. The van der Waals surface area contributed by atoms with Crippen LogP contribution in [0.2, 0.25) is 0 Å². The van der Waals surface area contributed by atoms with Crippen LogP contribution in [0.5, 0.6) is 0 Å². The number of hydrogen-bond donors (Lipinski definition) is 1. The number of aryl methyl sites for hydroxylation is 1. The van der Waals surface area contributed by atoms with Gasteiger partial charge in [0.25, 0.3) is 5.91 Å². The van der Waals surface area contributed by atoms with Crippen LogP contribution in [0, 0.1) is 23.7 Å². The molecule has 2 aliphatic rings. The standard InChI is InChI=1S/C21H30N4O/c1-12(2)25-18-14(11-22-25)9-16(13(3)23-18)19(26)24-17-10-15-7-8-21(17,6)20(15,4)5/h9,11-12,15,17H,7-8,10H2,1-6H3,(H,24,26). The molecule has 2 aromatic heterocycles. The molecule has 2 aromatic rings. The molecule has 5 nitrogen and oxygen atoms in total. The van der Waals surface area contributed by atoms with E-state index in [1.807, 2.05) is 17.7 Å². The van der Waals surface area contributed by atoms with Crippen molar-refractivity contribution in [1.29, 1.82) is 0 Å². The van der Waals surface area contributed by atoms with E-state index in [9.17, 15) is 4.79 Å². The fraction of sp³-hybridized carbons (Fsp3) is 0.667. The molecule has 2 bridgehead atoms. The minimum Gasteiger partial charge on any atom is -0.349 e. The number of fused-ring (bicyclic) bond motifs is 3. The molecule has 0 aromatic carbocycles. The van der Waals surface area contributed by atoms with Crippen molar-refractivity contribution in [3.05, 3.63) is 23.5 Å². The molecule has 0 aliphatic heterocycles. The maximum Gasteiger partial charge on any atom is 0.253 e. The van der Waals surface area contributed by atoms with E-state index in [0.29, 0.717) is 16.9 Å². The van der Waals surface area contributed by atoms with Crippen molar-refractivity contribution < 1.29 is 4.79 Å². The summed E-state index contributed by atoms with van der Waals surface area (Å²) in [4.78, 5) is 17.7. The molecule has 2 fully saturated rings. The lowest BCUT2D eigenvalue weighted by molar-refractivity contribution is 0.0825. The molecule has 4 rings (SSSR count). The summed E-state index contributed by atoms with van der Waals surface area (Å²) < 4.78 is 1.91. The summed E-state index contributed by atoms with van der Waals surface area (Å²) in [5, 5.41) is 8.70. The second-order valence-corrected chi connectivity index (χ2v) is 9.35. The largest absolute Gasteiger partial charge is 0.349 e. The summed E-state index contributed by atoms with van der Waals surface area (Å²) in [6, 6.07) is 2.44. The quantitative estimate of drug-likeness (QED) is 0.895. The van der Waals surface area contributed by atoms with E-state index in [1.54, 1.807) is 6.20 Å². The monoisotopic (exact) mass is 354 g/mol. The first kappa shape index (κ1) is 17.5. The number of carbonyl (C=O) groups excluding carboxylic acids is 1. The molecular weight excluding hydrogens is 324 g/mol. The Morgan fingerprint density at radius 2 is 2.08 bits per heavy atom. The van der Waals surface area contributed by atoms with Gasteiger partial charge < -0.3 is 5.32 Å². The Labute approximate surface area is 155 Å². The predicted octanol–water partition coefficient (Wildman–Crippen LogP) is 4.27. The fourth-order valence-corrected chi connectivity index (χ4v) is 5.33. The predicted molar refractivity (Wildman–Crippen MR) is 103 cm³/mol. The second-order valence-electron chi connectivity index (χ2n) is 9.35. The summed E-state index contributed by atoms with van der Waals surface area (Å²) in [6.45, 7) is 13.2. The van der Waals surface area contributed by atoms with Crippen molar-refractivity contribution in [2.24, 2.45) is 16.7 Å². The van der Waals surface area contributed by atoms with Gasteiger partial charge in [-0.3, -0.25) is 4.79 Å².